The van der Waals surface area contributed by atoms with Crippen molar-refractivity contribution >= 4 is 34.2 Å². The summed E-state index contributed by atoms with van der Waals surface area (Å²) < 4.78 is 4.17. The van der Waals surface area contributed by atoms with E-state index in [1.807, 2.05) is 0 Å². The third-order valence-electron chi connectivity index (χ3n) is 2.87. The number of carbonyl (C=O) groups excluding carboxylic acids is 1. The van der Waals surface area contributed by atoms with Gasteiger partial charge in [0.1, 0.15) is 5.69 Å². The van der Waals surface area contributed by atoms with Gasteiger partial charge < -0.3 is 5.32 Å². The molecule has 2 aromatic heterocycles. The Kier molecular flexibility index (Phi) is 6.31. The second kappa shape index (κ2) is 8.47. The molecule has 7 heteroatoms. The van der Waals surface area contributed by atoms with Gasteiger partial charge in [-0.15, -0.1) is 12.3 Å². The quantitative estimate of drug-likeness (QED) is 0.618. The fourth-order valence-electron chi connectivity index (χ4n) is 1.79. The fourth-order valence-corrected chi connectivity index (χ4v) is 2.58. The first-order chi connectivity index (χ1) is 10.7. The molecule has 2 heterocycles. The van der Waals surface area contributed by atoms with Crippen molar-refractivity contribution in [3.63, 3.8) is 0 Å². The Morgan fingerprint density at radius 2 is 2.27 bits per heavy atom. The number of hydrogen-bond acceptors (Lipinski definition) is 5. The molecule has 2 aromatic rings. The van der Waals surface area contributed by atoms with Gasteiger partial charge in [-0.3, -0.25) is 9.78 Å². The van der Waals surface area contributed by atoms with E-state index in [4.69, 9.17) is 18.0 Å². The number of unbranched alkanes of at least 4 members (excludes halogenated alkanes) is 3. The molecule has 5 nitrogen and oxygen atoms in total. The first-order valence-electron chi connectivity index (χ1n) is 6.88. The van der Waals surface area contributed by atoms with Gasteiger partial charge in [0.25, 0.3) is 0 Å². The lowest BCUT2D eigenvalue weighted by Crippen LogP contribution is -2.10. The van der Waals surface area contributed by atoms with Crippen molar-refractivity contribution in [1.82, 2.24) is 14.3 Å². The molecule has 0 unspecified atom stereocenters. The molecule has 0 aliphatic carbocycles. The van der Waals surface area contributed by atoms with Crippen LogP contribution in [0.15, 0.2) is 18.3 Å². The summed E-state index contributed by atoms with van der Waals surface area (Å²) in [6.45, 7) is 0. The van der Waals surface area contributed by atoms with Crippen molar-refractivity contribution in [2.75, 3.05) is 5.32 Å². The molecular formula is C15H15ClN4OS. The number of pyridine rings is 1. The van der Waals surface area contributed by atoms with Crippen LogP contribution < -0.4 is 5.32 Å². The molecule has 22 heavy (non-hydrogen) atoms. The topological polar surface area (TPSA) is 67.8 Å². The zero-order valence-electron chi connectivity index (χ0n) is 11.9. The third kappa shape index (κ3) is 4.79. The van der Waals surface area contributed by atoms with E-state index in [2.05, 4.69) is 25.6 Å². The highest BCUT2D eigenvalue weighted by Crippen LogP contribution is 2.25. The number of carbonyl (C=O) groups is 1. The Morgan fingerprint density at radius 3 is 3.05 bits per heavy atom. The summed E-state index contributed by atoms with van der Waals surface area (Å²) in [6, 6.07) is 3.46. The Balaban J connectivity index is 1.86. The van der Waals surface area contributed by atoms with Crippen LogP contribution in [-0.2, 0) is 4.79 Å². The number of halogens is 1. The number of amides is 1. The van der Waals surface area contributed by atoms with Crippen LogP contribution in [-0.4, -0.2) is 20.2 Å². The summed E-state index contributed by atoms with van der Waals surface area (Å²) in [5, 5.41) is 3.67. The lowest BCUT2D eigenvalue weighted by atomic mass is 10.1. The third-order valence-corrected chi connectivity index (χ3v) is 3.80. The van der Waals surface area contributed by atoms with E-state index in [1.165, 1.54) is 0 Å². The smallest absolute Gasteiger partial charge is 0.226 e. The van der Waals surface area contributed by atoms with E-state index < -0.39 is 0 Å². The van der Waals surface area contributed by atoms with E-state index in [0.717, 1.165) is 37.2 Å². The van der Waals surface area contributed by atoms with Crippen LogP contribution in [0.5, 0.6) is 0 Å². The van der Waals surface area contributed by atoms with Crippen molar-refractivity contribution < 1.29 is 4.79 Å². The predicted molar refractivity (Wildman–Crippen MR) is 88.7 cm³/mol. The summed E-state index contributed by atoms with van der Waals surface area (Å²) in [5.41, 5.74) is 0.509. The SMILES string of the molecule is C#CCCCCCC(=O)Nc1nc(-c2ncccc2Cl)ns1. The summed E-state index contributed by atoms with van der Waals surface area (Å²) in [6.07, 6.45) is 10.7. The molecule has 1 N–H and O–H groups in total. The Hall–Kier alpha value is -1.97. The monoisotopic (exact) mass is 334 g/mol. The minimum absolute atomic E-state index is 0.0736. The largest absolute Gasteiger partial charge is 0.301 e. The highest BCUT2D eigenvalue weighted by Gasteiger charge is 2.12. The van der Waals surface area contributed by atoms with Crippen molar-refractivity contribution in [3.05, 3.63) is 23.4 Å². The molecular weight excluding hydrogens is 320 g/mol. The molecule has 0 aromatic carbocycles. The highest BCUT2D eigenvalue weighted by molar-refractivity contribution is 7.10. The molecule has 0 aliphatic rings. The van der Waals surface area contributed by atoms with Gasteiger partial charge in [-0.1, -0.05) is 18.0 Å². The molecule has 0 atom stereocenters. The number of aromatic nitrogens is 3. The lowest BCUT2D eigenvalue weighted by Gasteiger charge is -2.00. The van der Waals surface area contributed by atoms with Crippen LogP contribution in [0.1, 0.15) is 32.1 Å². The van der Waals surface area contributed by atoms with Gasteiger partial charge in [-0.05, 0) is 25.0 Å². The minimum Gasteiger partial charge on any atom is -0.301 e. The standard InChI is InChI=1S/C15H15ClN4OS/c1-2-3-4-5-6-9-12(21)18-15-19-14(20-22-15)13-11(16)8-7-10-17-13/h1,7-8,10H,3-6,9H2,(H,18,19,20,21). The molecule has 0 saturated carbocycles. The lowest BCUT2D eigenvalue weighted by molar-refractivity contribution is -0.116. The van der Waals surface area contributed by atoms with E-state index in [9.17, 15) is 4.79 Å². The Morgan fingerprint density at radius 1 is 1.41 bits per heavy atom. The van der Waals surface area contributed by atoms with Crippen molar-refractivity contribution in [2.45, 2.75) is 32.1 Å². The number of hydrogen-bond donors (Lipinski definition) is 1. The normalized spacial score (nSPS) is 10.2. The van der Waals surface area contributed by atoms with Crippen LogP contribution in [0.4, 0.5) is 5.13 Å². The number of nitrogens with one attached hydrogen (secondary N) is 1. The predicted octanol–water partition coefficient (Wildman–Crippen LogP) is 3.78. The molecule has 0 bridgehead atoms. The number of nitrogens with zero attached hydrogens (tertiary/aromatic N) is 3. The fraction of sp³-hybridized carbons (Fsp3) is 0.333. The van der Waals surface area contributed by atoms with Gasteiger partial charge in [0, 0.05) is 30.6 Å². The minimum atomic E-state index is -0.0736. The highest BCUT2D eigenvalue weighted by atomic mass is 35.5. The average molecular weight is 335 g/mol. The number of terminal acetylenes is 1. The maximum absolute atomic E-state index is 11.8. The first kappa shape index (κ1) is 16.4. The van der Waals surface area contributed by atoms with Gasteiger partial charge in [-0.2, -0.15) is 9.36 Å². The number of anilines is 1. The van der Waals surface area contributed by atoms with E-state index in [1.54, 1.807) is 18.3 Å². The second-order valence-electron chi connectivity index (χ2n) is 4.57. The maximum atomic E-state index is 11.8. The molecule has 114 valence electrons. The molecule has 0 spiro atoms. The van der Waals surface area contributed by atoms with E-state index in [0.29, 0.717) is 28.1 Å². The van der Waals surface area contributed by atoms with Crippen LogP contribution >= 0.6 is 23.1 Å². The van der Waals surface area contributed by atoms with Crippen LogP contribution in [0.2, 0.25) is 5.02 Å². The molecule has 0 fully saturated rings. The summed E-state index contributed by atoms with van der Waals surface area (Å²) in [5.74, 6) is 2.93. The van der Waals surface area contributed by atoms with Gasteiger partial charge in [0.2, 0.25) is 11.0 Å². The number of rotatable bonds is 7. The summed E-state index contributed by atoms with van der Waals surface area (Å²) in [7, 11) is 0. The van der Waals surface area contributed by atoms with E-state index >= 15 is 0 Å². The Bertz CT molecular complexity index is 680. The van der Waals surface area contributed by atoms with Gasteiger partial charge in [-0.25, -0.2) is 0 Å². The van der Waals surface area contributed by atoms with Crippen molar-refractivity contribution in [3.8, 4) is 23.9 Å². The second-order valence-corrected chi connectivity index (χ2v) is 5.73. The van der Waals surface area contributed by atoms with E-state index in [-0.39, 0.29) is 5.91 Å². The zero-order valence-corrected chi connectivity index (χ0v) is 13.5. The summed E-state index contributed by atoms with van der Waals surface area (Å²) >= 11 is 7.16. The Labute approximate surface area is 138 Å². The zero-order chi connectivity index (χ0) is 15.8. The van der Waals surface area contributed by atoms with Crippen LogP contribution in [0, 0.1) is 12.3 Å². The van der Waals surface area contributed by atoms with Crippen molar-refractivity contribution in [2.24, 2.45) is 0 Å². The van der Waals surface area contributed by atoms with Crippen LogP contribution in [0.3, 0.4) is 0 Å². The molecule has 0 aliphatic heterocycles. The maximum Gasteiger partial charge on any atom is 0.226 e. The first-order valence-corrected chi connectivity index (χ1v) is 8.03. The molecule has 0 radical (unpaired) electrons. The van der Waals surface area contributed by atoms with Gasteiger partial charge >= 0.3 is 0 Å². The van der Waals surface area contributed by atoms with Crippen molar-refractivity contribution in [1.29, 1.82) is 0 Å². The van der Waals surface area contributed by atoms with Gasteiger partial charge in [0.15, 0.2) is 5.82 Å². The molecule has 0 saturated heterocycles. The molecule has 2 rings (SSSR count). The van der Waals surface area contributed by atoms with Crippen LogP contribution in [0.25, 0.3) is 11.5 Å². The molecule has 1 amide bonds. The average Bonchev–Trinajstić information content (AvgIpc) is 2.95. The van der Waals surface area contributed by atoms with Gasteiger partial charge in [0.05, 0.1) is 5.02 Å². The summed E-state index contributed by atoms with van der Waals surface area (Å²) in [4.78, 5) is 20.2.